The van der Waals surface area contributed by atoms with Crippen LogP contribution < -0.4 is 10.4 Å². The van der Waals surface area contributed by atoms with Gasteiger partial charge in [0.15, 0.2) is 0 Å². The third-order valence-corrected chi connectivity index (χ3v) is 8.53. The number of allylic oxidation sites excluding steroid dienone is 1. The summed E-state index contributed by atoms with van der Waals surface area (Å²) in [5.74, 6) is 0.668. The lowest BCUT2D eigenvalue weighted by molar-refractivity contribution is 0.0153. The Kier molecular flexibility index (Phi) is 10.4. The zero-order valence-electron chi connectivity index (χ0n) is 18.5. The number of rotatable bonds is 12. The summed E-state index contributed by atoms with van der Waals surface area (Å²) in [6, 6.07) is 21.6. The summed E-state index contributed by atoms with van der Waals surface area (Å²) in [6.07, 6.45) is 14.7. The molecule has 30 heavy (non-hydrogen) atoms. The summed E-state index contributed by atoms with van der Waals surface area (Å²) in [5.41, 5.74) is 0. The number of benzene rings is 2. The third-order valence-electron chi connectivity index (χ3n) is 6.03. The molecule has 1 aliphatic carbocycles. The normalized spacial score (nSPS) is 19.5. The second-order valence-corrected chi connectivity index (χ2v) is 10.9. The molecule has 0 spiro atoms. The van der Waals surface area contributed by atoms with Crippen LogP contribution in [0.3, 0.4) is 0 Å². The molecular weight excluding hydrogens is 384 g/mol. The van der Waals surface area contributed by atoms with Crippen molar-refractivity contribution in [3.8, 4) is 0 Å². The minimum Gasteiger partial charge on any atom is -0.411 e. The van der Waals surface area contributed by atoms with Crippen molar-refractivity contribution in [2.75, 3.05) is 13.2 Å². The fourth-order valence-electron chi connectivity index (χ4n) is 4.20. The fraction of sp³-hybridized carbons (Fsp3) is 0.481. The highest BCUT2D eigenvalue weighted by atomic mass is 28.3. The predicted octanol–water partition coefficient (Wildman–Crippen LogP) is 5.25. The van der Waals surface area contributed by atoms with Crippen LogP contribution in [0.25, 0.3) is 0 Å². The Morgan fingerprint density at radius 2 is 1.43 bits per heavy atom. The molecule has 0 amide bonds. The molecule has 0 unspecified atom stereocenters. The Hall–Kier alpha value is -1.68. The van der Waals surface area contributed by atoms with E-state index in [0.29, 0.717) is 12.0 Å². The van der Waals surface area contributed by atoms with Crippen LogP contribution in [0.4, 0.5) is 0 Å². The lowest BCUT2D eigenvalue weighted by Gasteiger charge is -2.29. The highest BCUT2D eigenvalue weighted by molar-refractivity contribution is 6.80. The maximum absolute atomic E-state index is 6.62. The lowest BCUT2D eigenvalue weighted by Crippen LogP contribution is -2.46. The molecule has 0 N–H and O–H groups in total. The summed E-state index contributed by atoms with van der Waals surface area (Å²) < 4.78 is 12.7. The van der Waals surface area contributed by atoms with E-state index in [1.165, 1.54) is 55.3 Å². The van der Waals surface area contributed by atoms with E-state index in [0.717, 1.165) is 19.6 Å². The van der Waals surface area contributed by atoms with Crippen LogP contribution in [-0.4, -0.2) is 28.4 Å². The number of ether oxygens (including phenoxy) is 1. The quantitative estimate of drug-likeness (QED) is 0.264. The van der Waals surface area contributed by atoms with Gasteiger partial charge in [0.05, 0.1) is 12.7 Å². The van der Waals surface area contributed by atoms with Gasteiger partial charge in [-0.3, -0.25) is 0 Å². The molecule has 1 fully saturated rings. The second-order valence-electron chi connectivity index (χ2n) is 8.45. The topological polar surface area (TPSA) is 18.5 Å². The minimum atomic E-state index is -1.61. The Balaban J connectivity index is 1.40. The molecule has 1 saturated carbocycles. The Bertz CT molecular complexity index is 669. The number of unbranched alkanes of at least 4 members (excludes halogenated alkanes) is 2. The first-order chi connectivity index (χ1) is 14.9. The van der Waals surface area contributed by atoms with Crippen molar-refractivity contribution in [2.45, 2.75) is 64.4 Å². The maximum Gasteiger partial charge on any atom is 0.239 e. The molecule has 1 aliphatic rings. The number of hydrogen-bond donors (Lipinski definition) is 0. The van der Waals surface area contributed by atoms with Crippen molar-refractivity contribution in [3.05, 3.63) is 72.8 Å². The fourth-order valence-corrected chi connectivity index (χ4v) is 6.58. The number of hydrogen-bond acceptors (Lipinski definition) is 2. The molecule has 0 saturated heterocycles. The predicted molar refractivity (Wildman–Crippen MR) is 130 cm³/mol. The van der Waals surface area contributed by atoms with Crippen LogP contribution in [0, 0.1) is 5.92 Å². The van der Waals surface area contributed by atoms with Gasteiger partial charge in [0.1, 0.15) is 0 Å². The van der Waals surface area contributed by atoms with E-state index >= 15 is 0 Å². The zero-order chi connectivity index (χ0) is 20.9. The van der Waals surface area contributed by atoms with Gasteiger partial charge >= 0.3 is 0 Å². The monoisotopic (exact) mass is 422 g/mol. The van der Waals surface area contributed by atoms with E-state index in [9.17, 15) is 0 Å². The summed E-state index contributed by atoms with van der Waals surface area (Å²) in [6.45, 7) is 3.99. The SMILES string of the molecule is CCCCC=CCCOC1CCC(CO[SiH](c2ccccc2)c2ccccc2)CC1. The first-order valence-corrected chi connectivity index (χ1v) is 13.5. The first kappa shape index (κ1) is 23.0. The molecule has 2 aromatic carbocycles. The summed E-state index contributed by atoms with van der Waals surface area (Å²) >= 11 is 0. The van der Waals surface area contributed by atoms with Gasteiger partial charge in [-0.05, 0) is 54.8 Å². The summed E-state index contributed by atoms with van der Waals surface area (Å²) in [7, 11) is -1.61. The smallest absolute Gasteiger partial charge is 0.239 e. The van der Waals surface area contributed by atoms with Crippen LogP contribution in [0.2, 0.25) is 0 Å². The average molecular weight is 423 g/mol. The van der Waals surface area contributed by atoms with E-state index in [1.807, 2.05) is 0 Å². The van der Waals surface area contributed by atoms with Gasteiger partial charge in [-0.15, -0.1) is 0 Å². The van der Waals surface area contributed by atoms with Gasteiger partial charge in [-0.1, -0.05) is 92.6 Å². The van der Waals surface area contributed by atoms with E-state index in [1.54, 1.807) is 0 Å². The Morgan fingerprint density at radius 3 is 2.03 bits per heavy atom. The molecule has 162 valence electrons. The van der Waals surface area contributed by atoms with Gasteiger partial charge < -0.3 is 9.16 Å². The largest absolute Gasteiger partial charge is 0.411 e. The van der Waals surface area contributed by atoms with Crippen LogP contribution >= 0.6 is 0 Å². The molecule has 0 aliphatic heterocycles. The van der Waals surface area contributed by atoms with E-state index in [2.05, 4.69) is 79.7 Å². The Morgan fingerprint density at radius 1 is 0.833 bits per heavy atom. The molecule has 2 aromatic rings. The van der Waals surface area contributed by atoms with Gasteiger partial charge in [-0.25, -0.2) is 0 Å². The highest BCUT2D eigenvalue weighted by Crippen LogP contribution is 2.26. The van der Waals surface area contributed by atoms with Crippen LogP contribution in [0.15, 0.2) is 72.8 Å². The lowest BCUT2D eigenvalue weighted by atomic mass is 9.88. The van der Waals surface area contributed by atoms with Crippen LogP contribution in [-0.2, 0) is 9.16 Å². The highest BCUT2D eigenvalue weighted by Gasteiger charge is 2.24. The third kappa shape index (κ3) is 7.86. The van der Waals surface area contributed by atoms with E-state index < -0.39 is 9.04 Å². The molecule has 0 aromatic heterocycles. The molecule has 3 heteroatoms. The summed E-state index contributed by atoms with van der Waals surface area (Å²) in [5, 5.41) is 2.74. The van der Waals surface area contributed by atoms with Crippen LogP contribution in [0.1, 0.15) is 58.3 Å². The molecule has 0 bridgehead atoms. The van der Waals surface area contributed by atoms with Gasteiger partial charge in [0.25, 0.3) is 0 Å². The Labute approximate surface area is 185 Å². The molecule has 0 heterocycles. The van der Waals surface area contributed by atoms with Crippen molar-refractivity contribution in [1.29, 1.82) is 0 Å². The molecule has 3 rings (SSSR count). The summed E-state index contributed by atoms with van der Waals surface area (Å²) in [4.78, 5) is 0. The first-order valence-electron chi connectivity index (χ1n) is 11.8. The zero-order valence-corrected chi connectivity index (χ0v) is 19.7. The van der Waals surface area contributed by atoms with Crippen molar-refractivity contribution in [1.82, 2.24) is 0 Å². The minimum absolute atomic E-state index is 0.446. The second kappa shape index (κ2) is 13.6. The maximum atomic E-state index is 6.62. The van der Waals surface area contributed by atoms with Gasteiger partial charge in [0.2, 0.25) is 9.04 Å². The van der Waals surface area contributed by atoms with Gasteiger partial charge in [-0.2, -0.15) is 0 Å². The molecule has 0 radical (unpaired) electrons. The van der Waals surface area contributed by atoms with Crippen LogP contribution in [0.5, 0.6) is 0 Å². The molecule has 2 nitrogen and oxygen atoms in total. The average Bonchev–Trinajstić information content (AvgIpc) is 2.81. The van der Waals surface area contributed by atoms with Crippen molar-refractivity contribution in [2.24, 2.45) is 5.92 Å². The standard InChI is InChI=1S/C27H38O2Si/c1-2-3-4-5-6-13-22-28-25-20-18-24(19-21-25)23-29-30(26-14-9-7-10-15-26)27-16-11-8-12-17-27/h5-12,14-17,24-25,30H,2-4,13,18-23H2,1H3. The van der Waals surface area contributed by atoms with Gasteiger partial charge in [0, 0.05) is 6.61 Å². The van der Waals surface area contributed by atoms with Crippen molar-refractivity contribution < 1.29 is 9.16 Å². The van der Waals surface area contributed by atoms with E-state index in [4.69, 9.17) is 9.16 Å². The van der Waals surface area contributed by atoms with E-state index in [-0.39, 0.29) is 0 Å². The molecular formula is C27H38O2Si. The molecule has 0 atom stereocenters. The van der Waals surface area contributed by atoms with Crippen molar-refractivity contribution >= 4 is 19.4 Å². The van der Waals surface area contributed by atoms with Crippen molar-refractivity contribution in [3.63, 3.8) is 0 Å².